The van der Waals surface area contributed by atoms with E-state index in [1.54, 1.807) is 0 Å². The van der Waals surface area contributed by atoms with Gasteiger partial charge in [-0.15, -0.1) is 0 Å². The second kappa shape index (κ2) is 6.80. The molecule has 0 atom stereocenters. The lowest BCUT2D eigenvalue weighted by atomic mass is 10.0. The second-order valence-corrected chi connectivity index (χ2v) is 6.33. The Morgan fingerprint density at radius 1 is 0.783 bits per heavy atom. The summed E-state index contributed by atoms with van der Waals surface area (Å²) < 4.78 is 0. The Labute approximate surface area is 142 Å². The fourth-order valence-electron chi connectivity index (χ4n) is 2.51. The topological polar surface area (TPSA) is 24.1 Å². The number of rotatable bonds is 3. The molecule has 3 aromatic rings. The van der Waals surface area contributed by atoms with E-state index in [4.69, 9.17) is 12.2 Å². The van der Waals surface area contributed by atoms with Gasteiger partial charge in [-0.05, 0) is 58.7 Å². The molecule has 0 radical (unpaired) electrons. The molecule has 116 valence electrons. The lowest BCUT2D eigenvalue weighted by Crippen LogP contribution is -2.18. The smallest absolute Gasteiger partial charge is 0.175 e. The molecule has 0 aliphatic carbocycles. The summed E-state index contributed by atoms with van der Waals surface area (Å²) in [4.78, 5) is 0. The van der Waals surface area contributed by atoms with Crippen LogP contribution in [0.25, 0.3) is 10.8 Å². The van der Waals surface area contributed by atoms with Gasteiger partial charge in [0.25, 0.3) is 0 Å². The van der Waals surface area contributed by atoms with Gasteiger partial charge >= 0.3 is 0 Å². The Hall–Kier alpha value is -2.39. The van der Waals surface area contributed by atoms with Gasteiger partial charge in [0.1, 0.15) is 0 Å². The molecule has 3 rings (SSSR count). The van der Waals surface area contributed by atoms with Crippen LogP contribution in [0.2, 0.25) is 0 Å². The van der Waals surface area contributed by atoms with Gasteiger partial charge in [0.05, 0.1) is 0 Å². The molecule has 2 nitrogen and oxygen atoms in total. The van der Waals surface area contributed by atoms with Crippen molar-refractivity contribution in [2.45, 2.75) is 19.8 Å². The largest absolute Gasteiger partial charge is 0.332 e. The molecular weight excluding hydrogens is 300 g/mol. The predicted octanol–water partition coefficient (Wildman–Crippen LogP) is 5.77. The first-order valence-electron chi connectivity index (χ1n) is 7.78. The van der Waals surface area contributed by atoms with Crippen LogP contribution in [0.15, 0.2) is 66.7 Å². The van der Waals surface area contributed by atoms with Gasteiger partial charge in [-0.1, -0.05) is 56.3 Å². The fraction of sp³-hybridized carbons (Fsp3) is 0.150. The van der Waals surface area contributed by atoms with Crippen molar-refractivity contribution in [1.29, 1.82) is 0 Å². The van der Waals surface area contributed by atoms with E-state index in [1.165, 1.54) is 16.3 Å². The molecular formula is C20H20N2S. The quantitative estimate of drug-likeness (QED) is 0.599. The SMILES string of the molecule is CC(C)c1ccc(NC(=S)Nc2ccc3ccccc3c2)cc1. The summed E-state index contributed by atoms with van der Waals surface area (Å²) in [7, 11) is 0. The van der Waals surface area contributed by atoms with E-state index in [-0.39, 0.29) is 0 Å². The van der Waals surface area contributed by atoms with E-state index < -0.39 is 0 Å². The standard InChI is InChI=1S/C20H20N2S/c1-14(2)15-7-10-18(11-8-15)21-20(23)22-19-12-9-16-5-3-4-6-17(16)13-19/h3-14H,1-2H3,(H2,21,22,23). The average Bonchev–Trinajstić information content (AvgIpc) is 2.55. The third kappa shape index (κ3) is 3.88. The maximum atomic E-state index is 5.40. The molecule has 0 amide bonds. The van der Waals surface area contributed by atoms with Crippen LogP contribution in [0.1, 0.15) is 25.3 Å². The van der Waals surface area contributed by atoms with Crippen LogP contribution in [0.3, 0.4) is 0 Å². The van der Waals surface area contributed by atoms with Gasteiger partial charge in [-0.2, -0.15) is 0 Å². The van der Waals surface area contributed by atoms with Crippen LogP contribution in [-0.4, -0.2) is 5.11 Å². The van der Waals surface area contributed by atoms with Gasteiger partial charge in [-0.3, -0.25) is 0 Å². The first kappa shape index (κ1) is 15.5. The maximum Gasteiger partial charge on any atom is 0.175 e. The van der Waals surface area contributed by atoms with Gasteiger partial charge in [0.15, 0.2) is 5.11 Å². The highest BCUT2D eigenvalue weighted by atomic mass is 32.1. The summed E-state index contributed by atoms with van der Waals surface area (Å²) in [6, 6.07) is 22.9. The molecule has 0 fully saturated rings. The normalized spacial score (nSPS) is 10.7. The number of hydrogen-bond donors (Lipinski definition) is 2. The monoisotopic (exact) mass is 320 g/mol. The van der Waals surface area contributed by atoms with Crippen LogP contribution >= 0.6 is 12.2 Å². The number of fused-ring (bicyclic) bond motifs is 1. The highest BCUT2D eigenvalue weighted by Crippen LogP contribution is 2.20. The summed E-state index contributed by atoms with van der Waals surface area (Å²) in [5.74, 6) is 0.534. The number of anilines is 2. The summed E-state index contributed by atoms with van der Waals surface area (Å²) in [5.41, 5.74) is 3.30. The van der Waals surface area contributed by atoms with Crippen molar-refractivity contribution in [3.8, 4) is 0 Å². The molecule has 0 aliphatic heterocycles. The number of benzene rings is 3. The van der Waals surface area contributed by atoms with E-state index in [9.17, 15) is 0 Å². The minimum Gasteiger partial charge on any atom is -0.332 e. The Bertz CT molecular complexity index is 822. The molecule has 0 heterocycles. The predicted molar refractivity (Wildman–Crippen MR) is 104 cm³/mol. The molecule has 0 unspecified atom stereocenters. The maximum absolute atomic E-state index is 5.40. The summed E-state index contributed by atoms with van der Waals surface area (Å²) in [6.45, 7) is 4.38. The van der Waals surface area contributed by atoms with E-state index >= 15 is 0 Å². The molecule has 0 aromatic heterocycles. The van der Waals surface area contributed by atoms with Crippen LogP contribution in [0.4, 0.5) is 11.4 Å². The zero-order valence-corrected chi connectivity index (χ0v) is 14.2. The van der Waals surface area contributed by atoms with Gasteiger partial charge in [0.2, 0.25) is 0 Å². The van der Waals surface area contributed by atoms with Crippen molar-refractivity contribution in [2.75, 3.05) is 10.6 Å². The van der Waals surface area contributed by atoms with Crippen molar-refractivity contribution < 1.29 is 0 Å². The molecule has 0 saturated carbocycles. The van der Waals surface area contributed by atoms with E-state index in [2.05, 4.69) is 73.0 Å². The Balaban J connectivity index is 1.68. The van der Waals surface area contributed by atoms with Crippen molar-refractivity contribution in [1.82, 2.24) is 0 Å². The van der Waals surface area contributed by atoms with Crippen LogP contribution < -0.4 is 10.6 Å². The summed E-state index contributed by atoms with van der Waals surface area (Å²) in [5, 5.41) is 9.48. The number of nitrogens with one attached hydrogen (secondary N) is 2. The lowest BCUT2D eigenvalue weighted by molar-refractivity contribution is 0.867. The highest BCUT2D eigenvalue weighted by molar-refractivity contribution is 7.80. The van der Waals surface area contributed by atoms with Crippen molar-refractivity contribution in [2.24, 2.45) is 0 Å². The highest BCUT2D eigenvalue weighted by Gasteiger charge is 2.02. The third-order valence-corrected chi connectivity index (χ3v) is 4.05. The fourth-order valence-corrected chi connectivity index (χ4v) is 2.75. The van der Waals surface area contributed by atoms with Crippen molar-refractivity contribution in [3.63, 3.8) is 0 Å². The number of hydrogen-bond acceptors (Lipinski definition) is 1. The zero-order valence-electron chi connectivity index (χ0n) is 13.3. The Morgan fingerprint density at radius 3 is 2.09 bits per heavy atom. The molecule has 23 heavy (non-hydrogen) atoms. The first-order chi connectivity index (χ1) is 11.1. The van der Waals surface area contributed by atoms with Gasteiger partial charge in [0, 0.05) is 11.4 Å². The van der Waals surface area contributed by atoms with E-state index in [0.717, 1.165) is 11.4 Å². The first-order valence-corrected chi connectivity index (χ1v) is 8.19. The second-order valence-electron chi connectivity index (χ2n) is 5.92. The lowest BCUT2D eigenvalue weighted by Gasteiger charge is -2.12. The van der Waals surface area contributed by atoms with Crippen molar-refractivity contribution in [3.05, 3.63) is 72.3 Å². The van der Waals surface area contributed by atoms with Crippen LogP contribution in [-0.2, 0) is 0 Å². The zero-order chi connectivity index (χ0) is 16.2. The van der Waals surface area contributed by atoms with Gasteiger partial charge in [-0.25, -0.2) is 0 Å². The van der Waals surface area contributed by atoms with E-state index in [0.29, 0.717) is 11.0 Å². The number of thiocarbonyl (C=S) groups is 1. The van der Waals surface area contributed by atoms with Crippen molar-refractivity contribution >= 4 is 39.5 Å². The molecule has 0 bridgehead atoms. The summed E-state index contributed by atoms with van der Waals surface area (Å²) >= 11 is 5.40. The molecule has 0 spiro atoms. The van der Waals surface area contributed by atoms with Crippen LogP contribution in [0.5, 0.6) is 0 Å². The Morgan fingerprint density at radius 2 is 1.39 bits per heavy atom. The van der Waals surface area contributed by atoms with E-state index in [1.807, 2.05) is 18.2 Å². The molecule has 3 aromatic carbocycles. The molecule has 0 aliphatic rings. The molecule has 0 saturated heterocycles. The molecule has 3 heteroatoms. The molecule has 2 N–H and O–H groups in total. The van der Waals surface area contributed by atoms with Gasteiger partial charge < -0.3 is 10.6 Å². The minimum atomic E-state index is 0.534. The Kier molecular flexibility index (Phi) is 4.58. The minimum absolute atomic E-state index is 0.534. The average molecular weight is 320 g/mol. The van der Waals surface area contributed by atoms with Crippen LogP contribution in [0, 0.1) is 0 Å². The third-order valence-electron chi connectivity index (χ3n) is 3.84. The summed E-state index contributed by atoms with van der Waals surface area (Å²) in [6.07, 6.45) is 0.